The van der Waals surface area contributed by atoms with E-state index in [0.29, 0.717) is 24.9 Å². The summed E-state index contributed by atoms with van der Waals surface area (Å²) >= 11 is 0. The van der Waals surface area contributed by atoms with E-state index in [1.54, 1.807) is 23.1 Å². The van der Waals surface area contributed by atoms with Crippen molar-refractivity contribution in [2.45, 2.75) is 56.2 Å². The van der Waals surface area contributed by atoms with Crippen molar-refractivity contribution in [1.82, 2.24) is 9.62 Å². The summed E-state index contributed by atoms with van der Waals surface area (Å²) in [5, 5.41) is 8.65. The summed E-state index contributed by atoms with van der Waals surface area (Å²) in [5.74, 6) is -1.30. The number of nitrogens with one attached hydrogen (secondary N) is 1. The molecule has 27 heavy (non-hydrogen) atoms. The number of likely N-dealkylation sites (tertiary alicyclic amines) is 1. The molecule has 1 amide bonds. The number of carboxylic acid groups (broad SMARTS) is 1. The lowest BCUT2D eigenvalue weighted by molar-refractivity contribution is -0.131. The number of carboxylic acids is 1. The Morgan fingerprint density at radius 1 is 1.11 bits per heavy atom. The van der Waals surface area contributed by atoms with Crippen molar-refractivity contribution in [1.29, 1.82) is 0 Å². The van der Waals surface area contributed by atoms with Gasteiger partial charge in [-0.25, -0.2) is 17.9 Å². The molecule has 2 fully saturated rings. The molecule has 1 atom stereocenters. The van der Waals surface area contributed by atoms with Gasteiger partial charge < -0.3 is 10.0 Å². The first-order valence-corrected chi connectivity index (χ1v) is 11.0. The van der Waals surface area contributed by atoms with Gasteiger partial charge in [0.2, 0.25) is 15.9 Å². The first kappa shape index (κ1) is 19.8. The molecule has 1 aromatic carbocycles. The normalized spacial score (nSPS) is 21.3. The van der Waals surface area contributed by atoms with Gasteiger partial charge in [-0.2, -0.15) is 0 Å². The fourth-order valence-corrected chi connectivity index (χ4v) is 5.69. The SMILES string of the molecule is O=C(O)c1ccccc1CC(=O)N1CCCC(S(=O)(=O)NC2CCCC2)C1. The van der Waals surface area contributed by atoms with E-state index in [9.17, 15) is 23.1 Å². The molecule has 2 N–H and O–H groups in total. The van der Waals surface area contributed by atoms with Crippen LogP contribution in [-0.2, 0) is 21.2 Å². The lowest BCUT2D eigenvalue weighted by Crippen LogP contribution is -2.50. The zero-order chi connectivity index (χ0) is 19.4. The van der Waals surface area contributed by atoms with Gasteiger partial charge >= 0.3 is 5.97 Å². The number of carbonyl (C=O) groups is 2. The third-order valence-electron chi connectivity index (χ3n) is 5.45. The Morgan fingerprint density at radius 2 is 1.81 bits per heavy atom. The molecule has 148 valence electrons. The van der Waals surface area contributed by atoms with Crippen LogP contribution in [0.3, 0.4) is 0 Å². The van der Waals surface area contributed by atoms with Crippen LogP contribution in [0.25, 0.3) is 0 Å². The molecule has 1 saturated carbocycles. The van der Waals surface area contributed by atoms with Gasteiger partial charge in [0.25, 0.3) is 0 Å². The molecule has 1 aliphatic heterocycles. The van der Waals surface area contributed by atoms with Crippen molar-refractivity contribution in [3.05, 3.63) is 35.4 Å². The number of benzene rings is 1. The smallest absolute Gasteiger partial charge is 0.335 e. The summed E-state index contributed by atoms with van der Waals surface area (Å²) in [6.07, 6.45) is 4.98. The van der Waals surface area contributed by atoms with E-state index in [1.807, 2.05) is 0 Å². The minimum absolute atomic E-state index is 0.0171. The molecular formula is C19H26N2O5S. The Morgan fingerprint density at radius 3 is 2.52 bits per heavy atom. The Labute approximate surface area is 159 Å². The number of sulfonamides is 1. The Bertz CT molecular complexity index is 802. The van der Waals surface area contributed by atoms with E-state index in [1.165, 1.54) is 6.07 Å². The van der Waals surface area contributed by atoms with Crippen molar-refractivity contribution in [2.24, 2.45) is 0 Å². The van der Waals surface area contributed by atoms with Gasteiger partial charge in [-0.3, -0.25) is 4.79 Å². The van der Waals surface area contributed by atoms with E-state index in [0.717, 1.165) is 25.7 Å². The molecule has 0 spiro atoms. The predicted octanol–water partition coefficient (Wildman–Crippen LogP) is 1.78. The molecule has 1 saturated heterocycles. The van der Waals surface area contributed by atoms with E-state index in [4.69, 9.17) is 0 Å². The van der Waals surface area contributed by atoms with E-state index in [2.05, 4.69) is 4.72 Å². The maximum atomic E-state index is 12.7. The first-order valence-electron chi connectivity index (χ1n) is 9.47. The van der Waals surface area contributed by atoms with Crippen LogP contribution in [0, 0.1) is 0 Å². The van der Waals surface area contributed by atoms with Crippen molar-refractivity contribution >= 4 is 21.9 Å². The Balaban J connectivity index is 1.65. The molecule has 3 rings (SSSR count). The number of nitrogens with zero attached hydrogens (tertiary/aromatic N) is 1. The number of rotatable bonds is 6. The molecule has 0 bridgehead atoms. The van der Waals surface area contributed by atoms with Crippen molar-refractivity contribution in [3.8, 4) is 0 Å². The van der Waals surface area contributed by atoms with Gasteiger partial charge in [-0.05, 0) is 37.3 Å². The van der Waals surface area contributed by atoms with Crippen LogP contribution >= 0.6 is 0 Å². The highest BCUT2D eigenvalue weighted by Crippen LogP contribution is 2.23. The van der Waals surface area contributed by atoms with Crippen LogP contribution < -0.4 is 4.72 Å². The first-order chi connectivity index (χ1) is 12.9. The summed E-state index contributed by atoms with van der Waals surface area (Å²) < 4.78 is 28.2. The largest absolute Gasteiger partial charge is 0.478 e. The topological polar surface area (TPSA) is 104 Å². The van der Waals surface area contributed by atoms with Gasteiger partial charge in [0.15, 0.2) is 0 Å². The highest BCUT2D eigenvalue weighted by atomic mass is 32.2. The standard InChI is InChI=1S/C19H26N2O5S/c22-18(12-14-6-1-4-10-17(14)19(23)24)21-11-5-9-16(13-21)27(25,26)20-15-7-2-3-8-15/h1,4,6,10,15-16,20H,2-3,5,7-9,11-13H2,(H,23,24). The minimum Gasteiger partial charge on any atom is -0.478 e. The molecule has 1 aliphatic carbocycles. The molecule has 0 aromatic heterocycles. The number of hydrogen-bond donors (Lipinski definition) is 2. The second-order valence-electron chi connectivity index (χ2n) is 7.39. The van der Waals surface area contributed by atoms with E-state index >= 15 is 0 Å². The fraction of sp³-hybridized carbons (Fsp3) is 0.579. The van der Waals surface area contributed by atoms with Gasteiger partial charge in [-0.1, -0.05) is 31.0 Å². The number of aromatic carboxylic acids is 1. The quantitative estimate of drug-likeness (QED) is 0.765. The van der Waals surface area contributed by atoms with E-state index in [-0.39, 0.29) is 30.5 Å². The zero-order valence-corrected chi connectivity index (χ0v) is 16.1. The minimum atomic E-state index is -3.47. The van der Waals surface area contributed by atoms with Crippen LogP contribution in [-0.4, -0.2) is 54.7 Å². The number of hydrogen-bond acceptors (Lipinski definition) is 4. The van der Waals surface area contributed by atoms with Crippen molar-refractivity contribution < 1.29 is 23.1 Å². The second kappa shape index (κ2) is 8.39. The molecule has 1 heterocycles. The third-order valence-corrected chi connectivity index (χ3v) is 7.37. The summed E-state index contributed by atoms with van der Waals surface area (Å²) in [5.41, 5.74) is 0.555. The fourth-order valence-electron chi connectivity index (χ4n) is 3.95. The summed E-state index contributed by atoms with van der Waals surface area (Å²) in [6, 6.07) is 6.43. The second-order valence-corrected chi connectivity index (χ2v) is 9.38. The van der Waals surface area contributed by atoms with Gasteiger partial charge in [-0.15, -0.1) is 0 Å². The lowest BCUT2D eigenvalue weighted by Gasteiger charge is -2.33. The van der Waals surface area contributed by atoms with Crippen LogP contribution in [0.2, 0.25) is 0 Å². The Hall–Kier alpha value is -1.93. The molecule has 0 radical (unpaired) electrons. The zero-order valence-electron chi connectivity index (χ0n) is 15.3. The Kier molecular flexibility index (Phi) is 6.16. The average molecular weight is 394 g/mol. The number of carbonyl (C=O) groups excluding carboxylic acids is 1. The number of amides is 1. The van der Waals surface area contributed by atoms with Gasteiger partial charge in [0.1, 0.15) is 0 Å². The monoisotopic (exact) mass is 394 g/mol. The van der Waals surface area contributed by atoms with Crippen molar-refractivity contribution in [3.63, 3.8) is 0 Å². The predicted molar refractivity (Wildman–Crippen MR) is 101 cm³/mol. The molecule has 7 nitrogen and oxygen atoms in total. The summed E-state index contributed by atoms with van der Waals surface area (Å²) in [6.45, 7) is 0.666. The summed E-state index contributed by atoms with van der Waals surface area (Å²) in [4.78, 5) is 25.5. The molecule has 1 aromatic rings. The highest BCUT2D eigenvalue weighted by molar-refractivity contribution is 7.90. The van der Waals surface area contributed by atoms with Crippen LogP contribution in [0.15, 0.2) is 24.3 Å². The molecule has 8 heteroatoms. The van der Waals surface area contributed by atoms with Crippen LogP contribution in [0.1, 0.15) is 54.4 Å². The summed E-state index contributed by atoms with van der Waals surface area (Å²) in [7, 11) is -3.47. The van der Waals surface area contributed by atoms with E-state index < -0.39 is 21.2 Å². The number of piperidine rings is 1. The maximum Gasteiger partial charge on any atom is 0.335 e. The highest BCUT2D eigenvalue weighted by Gasteiger charge is 2.34. The lowest BCUT2D eigenvalue weighted by atomic mass is 10.0. The molecule has 2 aliphatic rings. The van der Waals surface area contributed by atoms with Gasteiger partial charge in [0, 0.05) is 19.1 Å². The molecule has 1 unspecified atom stereocenters. The van der Waals surface area contributed by atoms with Crippen LogP contribution in [0.5, 0.6) is 0 Å². The van der Waals surface area contributed by atoms with Gasteiger partial charge in [0.05, 0.1) is 17.2 Å². The maximum absolute atomic E-state index is 12.7. The molecular weight excluding hydrogens is 368 g/mol. The average Bonchev–Trinajstić information content (AvgIpc) is 3.14. The van der Waals surface area contributed by atoms with Crippen molar-refractivity contribution in [2.75, 3.05) is 13.1 Å². The third kappa shape index (κ3) is 4.87. The van der Waals surface area contributed by atoms with Crippen LogP contribution in [0.4, 0.5) is 0 Å².